The number of hydrogen-bond acceptors (Lipinski definition) is 1. The summed E-state index contributed by atoms with van der Waals surface area (Å²) < 4.78 is 0. The minimum atomic E-state index is 0.310. The van der Waals surface area contributed by atoms with Gasteiger partial charge in [0.1, 0.15) is 0 Å². The van der Waals surface area contributed by atoms with Crippen LogP contribution < -0.4 is 0 Å². The van der Waals surface area contributed by atoms with Crippen molar-refractivity contribution in [3.8, 4) is 0 Å². The molecule has 0 aromatic heterocycles. The molecule has 1 aliphatic rings. The van der Waals surface area contributed by atoms with Crippen molar-refractivity contribution in [2.24, 2.45) is 11.3 Å². The van der Waals surface area contributed by atoms with Gasteiger partial charge in [0.25, 0.3) is 0 Å². The fourth-order valence-corrected chi connectivity index (χ4v) is 1.94. The Hall–Kier alpha value is -0.720. The van der Waals surface area contributed by atoms with Crippen LogP contribution in [0.25, 0.3) is 0 Å². The van der Waals surface area contributed by atoms with E-state index in [4.69, 9.17) is 0 Å². The smallest absolute Gasteiger partial charge is 0.0515 e. The fraction of sp³-hybridized carbons (Fsp3) is 0.692. The van der Waals surface area contributed by atoms with E-state index >= 15 is 0 Å². The van der Waals surface area contributed by atoms with E-state index in [1.807, 2.05) is 0 Å². The number of likely N-dealkylation sites (N-methyl/N-ethyl adjacent to an activating group) is 1. The molecule has 0 spiro atoms. The fourth-order valence-electron chi connectivity index (χ4n) is 1.94. The molecule has 1 unspecified atom stereocenters. The standard InChI is InChI=1S/C13H23N/c1-10(2)11-7-8-12(13(3,4)5)14(6)9-11/h7-10,12H,1-6H3. The van der Waals surface area contributed by atoms with Gasteiger partial charge in [-0.3, -0.25) is 0 Å². The van der Waals surface area contributed by atoms with E-state index in [0.717, 1.165) is 0 Å². The van der Waals surface area contributed by atoms with Crippen molar-refractivity contribution >= 4 is 0 Å². The van der Waals surface area contributed by atoms with Crippen molar-refractivity contribution < 1.29 is 0 Å². The Morgan fingerprint density at radius 1 is 1.29 bits per heavy atom. The van der Waals surface area contributed by atoms with E-state index in [-0.39, 0.29) is 0 Å². The Morgan fingerprint density at radius 3 is 2.21 bits per heavy atom. The summed E-state index contributed by atoms with van der Waals surface area (Å²) in [6, 6.07) is 0.519. The predicted octanol–water partition coefficient (Wildman–Crippen LogP) is 3.44. The molecule has 1 heteroatoms. The third-order valence-corrected chi connectivity index (χ3v) is 2.82. The predicted molar refractivity (Wildman–Crippen MR) is 63.1 cm³/mol. The topological polar surface area (TPSA) is 3.24 Å². The Morgan fingerprint density at radius 2 is 1.86 bits per heavy atom. The second kappa shape index (κ2) is 3.80. The first-order valence-electron chi connectivity index (χ1n) is 5.44. The number of hydrogen-bond donors (Lipinski definition) is 0. The lowest BCUT2D eigenvalue weighted by Crippen LogP contribution is -2.38. The van der Waals surface area contributed by atoms with Crippen LogP contribution in [0.5, 0.6) is 0 Å². The van der Waals surface area contributed by atoms with Gasteiger partial charge in [0.2, 0.25) is 0 Å². The minimum Gasteiger partial charge on any atom is -0.373 e. The molecule has 0 aliphatic carbocycles. The van der Waals surface area contributed by atoms with Crippen LogP contribution in [0.2, 0.25) is 0 Å². The molecule has 0 amide bonds. The van der Waals surface area contributed by atoms with Crippen molar-refractivity contribution in [3.05, 3.63) is 23.9 Å². The summed E-state index contributed by atoms with van der Waals surface area (Å²) in [7, 11) is 2.17. The summed E-state index contributed by atoms with van der Waals surface area (Å²) in [5.41, 5.74) is 1.73. The first-order chi connectivity index (χ1) is 6.32. The molecule has 80 valence electrons. The molecular weight excluding hydrogens is 170 g/mol. The quantitative estimate of drug-likeness (QED) is 0.616. The Kier molecular flexibility index (Phi) is 3.08. The summed E-state index contributed by atoms with van der Waals surface area (Å²) >= 11 is 0. The average molecular weight is 193 g/mol. The van der Waals surface area contributed by atoms with Crippen molar-refractivity contribution in [2.75, 3.05) is 7.05 Å². The molecule has 0 aromatic rings. The minimum absolute atomic E-state index is 0.310. The molecule has 0 saturated carbocycles. The maximum Gasteiger partial charge on any atom is 0.0515 e. The van der Waals surface area contributed by atoms with Gasteiger partial charge in [0.05, 0.1) is 6.04 Å². The highest BCUT2D eigenvalue weighted by atomic mass is 15.1. The van der Waals surface area contributed by atoms with Crippen molar-refractivity contribution in [1.82, 2.24) is 4.90 Å². The van der Waals surface area contributed by atoms with Crippen molar-refractivity contribution in [1.29, 1.82) is 0 Å². The summed E-state index contributed by atoms with van der Waals surface area (Å²) in [6.45, 7) is 11.3. The Labute approximate surface area is 88.5 Å². The Balaban J connectivity index is 2.81. The lowest BCUT2D eigenvalue weighted by Gasteiger charge is -2.38. The van der Waals surface area contributed by atoms with Gasteiger partial charge in [-0.25, -0.2) is 0 Å². The zero-order chi connectivity index (χ0) is 10.9. The monoisotopic (exact) mass is 193 g/mol. The molecule has 14 heavy (non-hydrogen) atoms. The molecule has 1 atom stereocenters. The molecule has 0 bridgehead atoms. The molecule has 1 heterocycles. The highest BCUT2D eigenvalue weighted by Crippen LogP contribution is 2.29. The van der Waals surface area contributed by atoms with E-state index in [1.54, 1.807) is 0 Å². The number of rotatable bonds is 1. The molecule has 1 rings (SSSR count). The van der Waals surface area contributed by atoms with Gasteiger partial charge in [-0.1, -0.05) is 46.8 Å². The largest absolute Gasteiger partial charge is 0.373 e. The van der Waals surface area contributed by atoms with Crippen LogP contribution in [-0.4, -0.2) is 18.0 Å². The Bertz CT molecular complexity index is 253. The average Bonchev–Trinajstić information content (AvgIpc) is 2.01. The second-order valence-corrected chi connectivity index (χ2v) is 5.62. The molecule has 1 aliphatic heterocycles. The van der Waals surface area contributed by atoms with Gasteiger partial charge in [0.15, 0.2) is 0 Å². The zero-order valence-electron chi connectivity index (χ0n) is 10.3. The lowest BCUT2D eigenvalue weighted by molar-refractivity contribution is 0.210. The van der Waals surface area contributed by atoms with Crippen LogP contribution in [-0.2, 0) is 0 Å². The summed E-state index contributed by atoms with van der Waals surface area (Å²) in [5, 5.41) is 0. The number of nitrogens with zero attached hydrogens (tertiary/aromatic N) is 1. The van der Waals surface area contributed by atoms with Gasteiger partial charge in [-0.2, -0.15) is 0 Å². The van der Waals surface area contributed by atoms with Crippen LogP contribution in [0.4, 0.5) is 0 Å². The van der Waals surface area contributed by atoms with Gasteiger partial charge >= 0.3 is 0 Å². The highest BCUT2D eigenvalue weighted by Gasteiger charge is 2.26. The third-order valence-electron chi connectivity index (χ3n) is 2.82. The summed E-state index contributed by atoms with van der Waals surface area (Å²) in [4.78, 5) is 2.33. The first-order valence-corrected chi connectivity index (χ1v) is 5.44. The first kappa shape index (κ1) is 11.4. The van der Waals surface area contributed by atoms with Crippen molar-refractivity contribution in [2.45, 2.75) is 40.7 Å². The normalized spacial score (nSPS) is 22.9. The molecule has 0 fully saturated rings. The summed E-state index contributed by atoms with van der Waals surface area (Å²) in [6.07, 6.45) is 6.89. The number of allylic oxidation sites excluding steroid dienone is 2. The van der Waals surface area contributed by atoms with E-state index in [0.29, 0.717) is 17.4 Å². The molecule has 0 aromatic carbocycles. The maximum absolute atomic E-state index is 2.33. The van der Waals surface area contributed by atoms with Crippen LogP contribution >= 0.6 is 0 Å². The van der Waals surface area contributed by atoms with Crippen molar-refractivity contribution in [3.63, 3.8) is 0 Å². The van der Waals surface area contributed by atoms with Gasteiger partial charge in [0, 0.05) is 13.2 Å². The van der Waals surface area contributed by atoms with Crippen LogP contribution in [0.3, 0.4) is 0 Å². The van der Waals surface area contributed by atoms with E-state index in [9.17, 15) is 0 Å². The molecular formula is C13H23N. The lowest BCUT2D eigenvalue weighted by atomic mass is 9.83. The van der Waals surface area contributed by atoms with Crippen LogP contribution in [0, 0.1) is 11.3 Å². The maximum atomic E-state index is 2.33. The van der Waals surface area contributed by atoms with Crippen LogP contribution in [0.1, 0.15) is 34.6 Å². The molecule has 0 N–H and O–H groups in total. The van der Waals surface area contributed by atoms with Gasteiger partial charge < -0.3 is 4.90 Å². The molecule has 0 saturated heterocycles. The van der Waals surface area contributed by atoms with E-state index in [2.05, 4.69) is 64.9 Å². The van der Waals surface area contributed by atoms with Crippen LogP contribution in [0.15, 0.2) is 23.9 Å². The van der Waals surface area contributed by atoms with Gasteiger partial charge in [-0.15, -0.1) is 0 Å². The SMILES string of the molecule is CC(C)C1=CN(C)C(C(C)(C)C)C=C1. The molecule has 1 nitrogen and oxygen atoms in total. The third kappa shape index (κ3) is 2.40. The zero-order valence-corrected chi connectivity index (χ0v) is 10.3. The summed E-state index contributed by atoms with van der Waals surface area (Å²) in [5.74, 6) is 0.620. The molecule has 0 radical (unpaired) electrons. The van der Waals surface area contributed by atoms with Gasteiger partial charge in [-0.05, 0) is 16.9 Å². The van der Waals surface area contributed by atoms with E-state index < -0.39 is 0 Å². The van der Waals surface area contributed by atoms with E-state index in [1.165, 1.54) is 5.57 Å². The second-order valence-electron chi connectivity index (χ2n) is 5.62. The highest BCUT2D eigenvalue weighted by molar-refractivity contribution is 5.26.